The van der Waals surface area contributed by atoms with E-state index >= 15 is 0 Å². The molecule has 1 atom stereocenters. The Balaban J connectivity index is 1.89. The summed E-state index contributed by atoms with van der Waals surface area (Å²) in [6, 6.07) is 1.49. The summed E-state index contributed by atoms with van der Waals surface area (Å²) in [5.41, 5.74) is 1.85. The third kappa shape index (κ3) is 3.99. The van der Waals surface area contributed by atoms with Crippen molar-refractivity contribution in [3.63, 3.8) is 0 Å². The van der Waals surface area contributed by atoms with Crippen molar-refractivity contribution in [2.45, 2.75) is 18.8 Å². The minimum atomic E-state index is -3.23. The van der Waals surface area contributed by atoms with Gasteiger partial charge in [-0.05, 0) is 18.9 Å². The van der Waals surface area contributed by atoms with Gasteiger partial charge in [-0.2, -0.15) is 0 Å². The lowest BCUT2D eigenvalue weighted by Gasteiger charge is -2.30. The first-order chi connectivity index (χ1) is 11.8. The summed E-state index contributed by atoms with van der Waals surface area (Å²) in [6.07, 6.45) is 8.79. The van der Waals surface area contributed by atoms with Crippen LogP contribution in [-0.4, -0.2) is 58.1 Å². The van der Waals surface area contributed by atoms with E-state index in [-0.39, 0.29) is 11.5 Å². The van der Waals surface area contributed by atoms with Crippen LogP contribution in [0.2, 0.25) is 0 Å². The smallest absolute Gasteiger partial charge is 0.337 e. The molecule has 132 valence electrons. The average Bonchev–Trinajstić information content (AvgIpc) is 2.61. The van der Waals surface area contributed by atoms with E-state index < -0.39 is 16.0 Å². The fraction of sp³-hybridized carbons (Fsp3) is 0.375. The lowest BCUT2D eigenvalue weighted by Crippen LogP contribution is -2.38. The maximum Gasteiger partial charge on any atom is 0.337 e. The number of aromatic nitrogens is 3. The van der Waals surface area contributed by atoms with Crippen molar-refractivity contribution in [3.8, 4) is 11.3 Å². The van der Waals surface area contributed by atoms with Gasteiger partial charge in [-0.3, -0.25) is 9.97 Å². The van der Waals surface area contributed by atoms with Crippen molar-refractivity contribution in [3.05, 3.63) is 42.1 Å². The van der Waals surface area contributed by atoms with Gasteiger partial charge in [-0.15, -0.1) is 0 Å². The molecule has 25 heavy (non-hydrogen) atoms. The summed E-state index contributed by atoms with van der Waals surface area (Å²) in [6.45, 7) is 0.900. The number of carboxylic acid groups (broad SMARTS) is 1. The van der Waals surface area contributed by atoms with Crippen LogP contribution in [-0.2, 0) is 10.0 Å². The van der Waals surface area contributed by atoms with Crippen molar-refractivity contribution >= 4 is 16.0 Å². The summed E-state index contributed by atoms with van der Waals surface area (Å²) in [5.74, 6) is -1.10. The zero-order valence-electron chi connectivity index (χ0n) is 13.7. The molecule has 3 rings (SSSR count). The van der Waals surface area contributed by atoms with E-state index in [2.05, 4.69) is 15.0 Å². The molecule has 0 aliphatic carbocycles. The van der Waals surface area contributed by atoms with Crippen LogP contribution >= 0.6 is 0 Å². The largest absolute Gasteiger partial charge is 0.478 e. The molecule has 1 N–H and O–H groups in total. The van der Waals surface area contributed by atoms with Crippen LogP contribution in [0.1, 0.15) is 34.8 Å². The van der Waals surface area contributed by atoms with Crippen LogP contribution in [0.5, 0.6) is 0 Å². The van der Waals surface area contributed by atoms with E-state index in [1.807, 2.05) is 0 Å². The van der Waals surface area contributed by atoms with Crippen LogP contribution in [0.3, 0.4) is 0 Å². The Bertz CT molecular complexity index is 901. The molecule has 0 bridgehead atoms. The number of rotatable bonds is 4. The average molecular weight is 362 g/mol. The summed E-state index contributed by atoms with van der Waals surface area (Å²) in [5, 5.41) is 9.08. The molecule has 2 aromatic rings. The van der Waals surface area contributed by atoms with Crippen LogP contribution in [0, 0.1) is 0 Å². The van der Waals surface area contributed by atoms with Crippen LogP contribution in [0.15, 0.2) is 30.9 Å². The summed E-state index contributed by atoms with van der Waals surface area (Å²) < 4.78 is 25.0. The van der Waals surface area contributed by atoms with Gasteiger partial charge in [-0.25, -0.2) is 22.5 Å². The molecule has 0 aromatic carbocycles. The predicted molar refractivity (Wildman–Crippen MR) is 90.6 cm³/mol. The molecular formula is C16H18N4O4S. The van der Waals surface area contributed by atoms with Gasteiger partial charge in [0.2, 0.25) is 10.0 Å². The van der Waals surface area contributed by atoms with Crippen LogP contribution < -0.4 is 0 Å². The lowest BCUT2D eigenvalue weighted by molar-refractivity contribution is 0.0696. The molecule has 1 aliphatic rings. The molecule has 0 unspecified atom stereocenters. The van der Waals surface area contributed by atoms with Crippen molar-refractivity contribution in [1.82, 2.24) is 19.3 Å². The zero-order chi connectivity index (χ0) is 18.0. The third-order valence-corrected chi connectivity index (χ3v) is 5.48. The van der Waals surface area contributed by atoms with Crippen molar-refractivity contribution in [2.75, 3.05) is 19.3 Å². The second kappa shape index (κ2) is 6.85. The Morgan fingerprint density at radius 1 is 1.24 bits per heavy atom. The second-order valence-electron chi connectivity index (χ2n) is 6.06. The fourth-order valence-electron chi connectivity index (χ4n) is 2.90. The fourth-order valence-corrected chi connectivity index (χ4v) is 3.81. The van der Waals surface area contributed by atoms with Crippen molar-refractivity contribution in [1.29, 1.82) is 0 Å². The van der Waals surface area contributed by atoms with Crippen molar-refractivity contribution < 1.29 is 18.3 Å². The molecule has 0 spiro atoms. The monoisotopic (exact) mass is 362 g/mol. The van der Waals surface area contributed by atoms with Gasteiger partial charge in [0.15, 0.2) is 0 Å². The molecule has 0 amide bonds. The summed E-state index contributed by atoms with van der Waals surface area (Å²) in [7, 11) is -3.23. The number of carboxylic acids is 1. The minimum Gasteiger partial charge on any atom is -0.478 e. The minimum absolute atomic E-state index is 0.0356. The highest BCUT2D eigenvalue weighted by molar-refractivity contribution is 7.88. The molecule has 9 heteroatoms. The van der Waals surface area contributed by atoms with E-state index in [9.17, 15) is 13.2 Å². The molecule has 1 aliphatic heterocycles. The highest BCUT2D eigenvalue weighted by Gasteiger charge is 2.28. The Morgan fingerprint density at radius 3 is 2.72 bits per heavy atom. The number of aromatic carboxylic acids is 1. The van der Waals surface area contributed by atoms with Crippen LogP contribution in [0.4, 0.5) is 0 Å². The number of piperidine rings is 1. The summed E-state index contributed by atoms with van der Waals surface area (Å²) >= 11 is 0. The number of sulfonamides is 1. The molecule has 1 fully saturated rings. The Kier molecular flexibility index (Phi) is 4.78. The van der Waals surface area contributed by atoms with E-state index in [4.69, 9.17) is 5.11 Å². The molecule has 0 radical (unpaired) electrons. The van der Waals surface area contributed by atoms with Gasteiger partial charge in [0.1, 0.15) is 0 Å². The van der Waals surface area contributed by atoms with Gasteiger partial charge in [0.25, 0.3) is 0 Å². The molecule has 1 saturated heterocycles. The van der Waals surface area contributed by atoms with E-state index in [1.54, 1.807) is 12.4 Å². The number of hydrogen-bond acceptors (Lipinski definition) is 6. The topological polar surface area (TPSA) is 113 Å². The SMILES string of the molecule is CS(=O)(=O)N1CCC[C@H](c2cncc(-c3cncc(C(=O)O)c3)n2)C1. The van der Waals surface area contributed by atoms with Gasteiger partial charge in [0.05, 0.1) is 29.4 Å². The normalized spacial score (nSPS) is 18.8. The predicted octanol–water partition coefficient (Wildman–Crippen LogP) is 1.38. The molecular weight excluding hydrogens is 344 g/mol. The third-order valence-electron chi connectivity index (χ3n) is 4.21. The Labute approximate surface area is 145 Å². The number of hydrogen-bond donors (Lipinski definition) is 1. The first-order valence-electron chi connectivity index (χ1n) is 7.80. The number of pyridine rings is 1. The van der Waals surface area contributed by atoms with Gasteiger partial charge in [-0.1, -0.05) is 0 Å². The number of carbonyl (C=O) groups is 1. The Hall–Kier alpha value is -2.39. The van der Waals surface area contributed by atoms with Gasteiger partial charge >= 0.3 is 5.97 Å². The van der Waals surface area contributed by atoms with E-state index in [1.165, 1.54) is 29.0 Å². The number of nitrogens with zero attached hydrogens (tertiary/aromatic N) is 4. The standard InChI is InChI=1S/C16H18N4O4S/c1-25(23,24)20-4-2-3-11(10-20)14-8-18-9-15(19-14)12-5-13(16(21)22)7-17-6-12/h5-9,11H,2-4,10H2,1H3,(H,21,22)/t11-/m0/s1. The van der Waals surface area contributed by atoms with Crippen molar-refractivity contribution in [2.24, 2.45) is 0 Å². The first-order valence-corrected chi connectivity index (χ1v) is 9.65. The van der Waals surface area contributed by atoms with E-state index in [0.717, 1.165) is 12.8 Å². The lowest BCUT2D eigenvalue weighted by atomic mass is 9.96. The quantitative estimate of drug-likeness (QED) is 0.874. The van der Waals surface area contributed by atoms with E-state index in [0.29, 0.717) is 30.0 Å². The maximum absolute atomic E-state index is 11.8. The Morgan fingerprint density at radius 2 is 2.00 bits per heavy atom. The van der Waals surface area contributed by atoms with Gasteiger partial charge < -0.3 is 5.11 Å². The molecule has 8 nitrogen and oxygen atoms in total. The molecule has 3 heterocycles. The summed E-state index contributed by atoms with van der Waals surface area (Å²) in [4.78, 5) is 23.8. The highest BCUT2D eigenvalue weighted by Crippen LogP contribution is 2.28. The highest BCUT2D eigenvalue weighted by atomic mass is 32.2. The second-order valence-corrected chi connectivity index (χ2v) is 8.04. The zero-order valence-corrected chi connectivity index (χ0v) is 14.5. The van der Waals surface area contributed by atoms with Crippen LogP contribution in [0.25, 0.3) is 11.3 Å². The first kappa shape index (κ1) is 17.4. The molecule has 0 saturated carbocycles. The molecule has 2 aromatic heterocycles. The van der Waals surface area contributed by atoms with Gasteiger partial charge in [0, 0.05) is 43.2 Å². The maximum atomic E-state index is 11.8.